The van der Waals surface area contributed by atoms with Gasteiger partial charge in [-0.3, -0.25) is 4.90 Å². The molecule has 1 aromatic rings. The molecule has 2 bridgehead atoms. The molecule has 2 N–H and O–H groups in total. The van der Waals surface area contributed by atoms with E-state index >= 15 is 0 Å². The van der Waals surface area contributed by atoms with Gasteiger partial charge >= 0.3 is 0 Å². The largest absolute Gasteiger partial charge is 0.481 e. The number of rotatable bonds is 2. The molecule has 0 amide bonds. The molecule has 2 unspecified atom stereocenters. The van der Waals surface area contributed by atoms with Crippen LogP contribution >= 0.6 is 0 Å². The number of benzene rings is 1. The van der Waals surface area contributed by atoms with Gasteiger partial charge in [0.15, 0.2) is 0 Å². The Bertz CT molecular complexity index is 733. The molecule has 0 saturated heterocycles. The minimum atomic E-state index is -0.559. The Labute approximate surface area is 138 Å². The summed E-state index contributed by atoms with van der Waals surface area (Å²) in [6.07, 6.45) is 2.60. The van der Waals surface area contributed by atoms with E-state index in [-0.39, 0.29) is 17.6 Å². The van der Waals surface area contributed by atoms with Crippen LogP contribution in [-0.2, 0) is 6.42 Å². The number of aryl methyl sites for hydroxylation is 1. The Morgan fingerprint density at radius 3 is 2.48 bits per heavy atom. The third-order valence-corrected chi connectivity index (χ3v) is 4.95. The van der Waals surface area contributed by atoms with Gasteiger partial charge in [0.05, 0.1) is 11.6 Å². The zero-order valence-electron chi connectivity index (χ0n) is 14.3. The normalized spacial score (nSPS) is 23.0. The van der Waals surface area contributed by atoms with Crippen LogP contribution in [0.5, 0.6) is 0 Å². The van der Waals surface area contributed by atoms with Crippen LogP contribution in [0, 0.1) is 6.92 Å². The third kappa shape index (κ3) is 2.22. The summed E-state index contributed by atoms with van der Waals surface area (Å²) in [5.41, 5.74) is 5.92. The lowest BCUT2D eigenvalue weighted by Gasteiger charge is -2.49. The Hall–Kier alpha value is -2.00. The molecule has 0 fully saturated rings. The maximum absolute atomic E-state index is 9.93. The summed E-state index contributed by atoms with van der Waals surface area (Å²) in [7, 11) is 0. The molecule has 0 aromatic heterocycles. The summed E-state index contributed by atoms with van der Waals surface area (Å²) in [6.45, 7) is 16.7. The van der Waals surface area contributed by atoms with Crippen molar-refractivity contribution in [2.45, 2.75) is 51.7 Å². The molecule has 1 aliphatic carbocycles. The third-order valence-electron chi connectivity index (χ3n) is 4.95. The maximum atomic E-state index is 9.93. The quantitative estimate of drug-likeness (QED) is 0.619. The van der Waals surface area contributed by atoms with E-state index in [2.05, 4.69) is 57.9 Å². The molecule has 1 aromatic carbocycles. The summed E-state index contributed by atoms with van der Waals surface area (Å²) in [5, 5.41) is 19.9. The van der Waals surface area contributed by atoms with Gasteiger partial charge in [0, 0.05) is 11.6 Å². The number of hydrogen-bond donors (Lipinski definition) is 2. The first-order valence-electron chi connectivity index (χ1n) is 8.02. The molecule has 0 radical (unpaired) electrons. The van der Waals surface area contributed by atoms with Gasteiger partial charge in [-0.15, -0.1) is 0 Å². The molecule has 2 aliphatic rings. The van der Waals surface area contributed by atoms with Crippen LogP contribution in [-0.4, -0.2) is 26.7 Å². The Morgan fingerprint density at radius 1 is 1.30 bits per heavy atom. The van der Waals surface area contributed by atoms with E-state index in [0.717, 1.165) is 23.1 Å². The molecule has 0 saturated carbocycles. The average molecular weight is 311 g/mol. The highest BCUT2D eigenvalue weighted by Crippen LogP contribution is 2.53. The van der Waals surface area contributed by atoms with Crippen molar-refractivity contribution in [1.29, 1.82) is 0 Å². The van der Waals surface area contributed by atoms with Crippen molar-refractivity contribution in [2.75, 3.05) is 0 Å². The van der Waals surface area contributed by atoms with Crippen LogP contribution in [0.2, 0.25) is 0 Å². The van der Waals surface area contributed by atoms with E-state index in [9.17, 15) is 10.2 Å². The van der Waals surface area contributed by atoms with Crippen molar-refractivity contribution in [3.05, 3.63) is 65.1 Å². The highest BCUT2D eigenvalue weighted by molar-refractivity contribution is 5.82. The fraction of sp³-hybridized carbons (Fsp3) is 0.400. The Balaban J connectivity index is 2.37. The van der Waals surface area contributed by atoms with Crippen LogP contribution in [0.25, 0.3) is 5.57 Å². The molecule has 2 atom stereocenters. The topological polar surface area (TPSA) is 43.7 Å². The standard InChI is InChI=1S/C20H25NO2/c1-7-12(3)18-14-9-11(2)8-13-10-15(21(18)20(4,5)6)17(16(13)14)19(22)23/h7-9,15,18,22-23H,1,3,10H2,2,4-6H3. The molecular weight excluding hydrogens is 286 g/mol. The highest BCUT2D eigenvalue weighted by atomic mass is 16.5. The van der Waals surface area contributed by atoms with E-state index in [1.54, 1.807) is 0 Å². The van der Waals surface area contributed by atoms with E-state index in [0.29, 0.717) is 5.57 Å². The summed E-state index contributed by atoms with van der Waals surface area (Å²) in [5.74, 6) is -0.559. The molecule has 1 heterocycles. The minimum absolute atomic E-state index is 0.0109. The van der Waals surface area contributed by atoms with Gasteiger partial charge in [-0.25, -0.2) is 0 Å². The number of hydrogen-bond acceptors (Lipinski definition) is 3. The summed E-state index contributed by atoms with van der Waals surface area (Å²) >= 11 is 0. The predicted molar refractivity (Wildman–Crippen MR) is 94.5 cm³/mol. The van der Waals surface area contributed by atoms with Gasteiger partial charge in [-0.05, 0) is 56.4 Å². The highest BCUT2D eigenvalue weighted by Gasteiger charge is 2.49. The molecule has 23 heavy (non-hydrogen) atoms. The van der Waals surface area contributed by atoms with Crippen molar-refractivity contribution >= 4 is 5.57 Å². The first-order valence-corrected chi connectivity index (χ1v) is 8.02. The molecule has 3 heteroatoms. The predicted octanol–water partition coefficient (Wildman–Crippen LogP) is 4.60. The Morgan fingerprint density at radius 2 is 1.96 bits per heavy atom. The number of aliphatic hydroxyl groups is 2. The zero-order valence-corrected chi connectivity index (χ0v) is 14.3. The zero-order chi connectivity index (χ0) is 17.1. The molecule has 1 aliphatic heterocycles. The van der Waals surface area contributed by atoms with Gasteiger partial charge < -0.3 is 10.2 Å². The molecule has 3 nitrogen and oxygen atoms in total. The smallest absolute Gasteiger partial charge is 0.279 e. The van der Waals surface area contributed by atoms with Crippen LogP contribution < -0.4 is 0 Å². The minimum Gasteiger partial charge on any atom is -0.481 e. The van der Waals surface area contributed by atoms with E-state index in [4.69, 9.17) is 0 Å². The van der Waals surface area contributed by atoms with Crippen molar-refractivity contribution in [3.63, 3.8) is 0 Å². The Kier molecular flexibility index (Phi) is 3.45. The lowest BCUT2D eigenvalue weighted by atomic mass is 9.82. The SMILES string of the molecule is C=CC(=C)C1c2cc(C)cc3c2C(=C(O)O)C(C3)N1C(C)(C)C. The van der Waals surface area contributed by atoms with Gasteiger partial charge in [0.2, 0.25) is 0 Å². The summed E-state index contributed by atoms with van der Waals surface area (Å²) in [4.78, 5) is 2.34. The van der Waals surface area contributed by atoms with E-state index < -0.39 is 5.95 Å². The van der Waals surface area contributed by atoms with Crippen LogP contribution in [0.3, 0.4) is 0 Å². The first-order chi connectivity index (χ1) is 10.7. The summed E-state index contributed by atoms with van der Waals surface area (Å²) in [6, 6.07) is 4.26. The van der Waals surface area contributed by atoms with Crippen LogP contribution in [0.15, 0.2) is 42.9 Å². The van der Waals surface area contributed by atoms with Gasteiger partial charge in [-0.1, -0.05) is 36.9 Å². The lowest BCUT2D eigenvalue weighted by Crippen LogP contribution is -2.52. The maximum Gasteiger partial charge on any atom is 0.279 e. The average Bonchev–Trinajstić information content (AvgIpc) is 2.76. The first kappa shape index (κ1) is 15.9. The summed E-state index contributed by atoms with van der Waals surface area (Å²) < 4.78 is 0. The number of fused-ring (bicyclic) bond motifs is 1. The van der Waals surface area contributed by atoms with Crippen molar-refractivity contribution in [1.82, 2.24) is 4.90 Å². The number of aliphatic hydroxyl groups excluding tert-OH is 1. The second kappa shape index (κ2) is 5.00. The lowest BCUT2D eigenvalue weighted by molar-refractivity contribution is 0.0684. The van der Waals surface area contributed by atoms with E-state index in [1.807, 2.05) is 6.08 Å². The van der Waals surface area contributed by atoms with Gasteiger partial charge in [-0.2, -0.15) is 0 Å². The fourth-order valence-corrected chi connectivity index (χ4v) is 4.25. The second-order valence-electron chi connectivity index (χ2n) is 7.61. The molecular formula is C20H25NO2. The van der Waals surface area contributed by atoms with Crippen LogP contribution in [0.1, 0.15) is 49.1 Å². The van der Waals surface area contributed by atoms with Crippen molar-refractivity contribution in [2.24, 2.45) is 0 Å². The molecule has 122 valence electrons. The van der Waals surface area contributed by atoms with E-state index in [1.165, 1.54) is 11.1 Å². The van der Waals surface area contributed by atoms with Crippen LogP contribution in [0.4, 0.5) is 0 Å². The van der Waals surface area contributed by atoms with Gasteiger partial charge in [0.1, 0.15) is 0 Å². The number of nitrogens with zero attached hydrogens (tertiary/aromatic N) is 1. The molecule has 3 rings (SSSR count). The van der Waals surface area contributed by atoms with Crippen molar-refractivity contribution < 1.29 is 10.2 Å². The molecule has 0 spiro atoms. The van der Waals surface area contributed by atoms with Crippen molar-refractivity contribution in [3.8, 4) is 0 Å². The van der Waals surface area contributed by atoms with Gasteiger partial charge in [0.25, 0.3) is 5.95 Å². The fourth-order valence-electron chi connectivity index (χ4n) is 4.25. The second-order valence-corrected chi connectivity index (χ2v) is 7.61. The monoisotopic (exact) mass is 311 g/mol.